The lowest BCUT2D eigenvalue weighted by Gasteiger charge is -2.15. The van der Waals surface area contributed by atoms with Crippen molar-refractivity contribution >= 4 is 80.7 Å². The predicted molar refractivity (Wildman–Crippen MR) is 260 cm³/mol. The number of anilines is 2. The molecule has 0 fully saturated rings. The van der Waals surface area contributed by atoms with Crippen molar-refractivity contribution in [3.8, 4) is 23.0 Å². The zero-order chi connectivity index (χ0) is 49.8. The number of halogens is 2. The van der Waals surface area contributed by atoms with Gasteiger partial charge in [-0.1, -0.05) is 72.8 Å². The number of carbonyl (C=O) groups is 6. The molecule has 6 aromatic rings. The maximum absolute atomic E-state index is 13.7. The van der Waals surface area contributed by atoms with Crippen LogP contribution in [0.3, 0.4) is 0 Å². The van der Waals surface area contributed by atoms with E-state index in [0.29, 0.717) is 23.7 Å². The van der Waals surface area contributed by atoms with Crippen LogP contribution in [0.1, 0.15) is 66.4 Å². The lowest BCUT2D eigenvalue weighted by Crippen LogP contribution is -2.16. The van der Waals surface area contributed by atoms with Crippen LogP contribution in [0, 0.1) is 0 Å². The van der Waals surface area contributed by atoms with Crippen LogP contribution < -0.4 is 20.1 Å². The third-order valence-electron chi connectivity index (χ3n) is 10.1. The third kappa shape index (κ3) is 12.4. The Labute approximate surface area is 407 Å². The van der Waals surface area contributed by atoms with Crippen molar-refractivity contribution < 1.29 is 56.1 Å². The van der Waals surface area contributed by atoms with Gasteiger partial charge in [-0.15, -0.1) is 0 Å². The van der Waals surface area contributed by atoms with E-state index in [-0.39, 0.29) is 114 Å². The van der Waals surface area contributed by atoms with E-state index in [4.69, 9.17) is 42.1 Å². The number of hydrogen-bond acceptors (Lipinski definition) is 12. The number of amides is 2. The van der Waals surface area contributed by atoms with E-state index in [1.807, 2.05) is 0 Å². The largest absolute Gasteiger partial charge is 0.462 e. The number of esters is 2. The highest BCUT2D eigenvalue weighted by Crippen LogP contribution is 2.35. The summed E-state index contributed by atoms with van der Waals surface area (Å²) in [6.45, 7) is 10.1. The molecular weight excluding hydrogens is 948 g/mol. The highest BCUT2D eigenvalue weighted by atomic mass is 35.5. The van der Waals surface area contributed by atoms with Gasteiger partial charge in [-0.2, -0.15) is 0 Å². The van der Waals surface area contributed by atoms with Crippen LogP contribution in [-0.4, -0.2) is 58.0 Å². The van der Waals surface area contributed by atoms with Crippen LogP contribution in [0.25, 0.3) is 0 Å². The molecule has 17 heteroatoms. The Balaban J connectivity index is 1.09. The Morgan fingerprint density at radius 3 is 1.26 bits per heavy atom. The van der Waals surface area contributed by atoms with Crippen molar-refractivity contribution in [1.29, 1.82) is 0 Å². The molecule has 0 aliphatic carbocycles. The summed E-state index contributed by atoms with van der Waals surface area (Å²) in [6, 6.07) is 30.3. The van der Waals surface area contributed by atoms with Crippen molar-refractivity contribution in [1.82, 2.24) is 0 Å². The minimum Gasteiger partial charge on any atom is -0.462 e. The van der Waals surface area contributed by atoms with E-state index >= 15 is 0 Å². The van der Waals surface area contributed by atoms with E-state index < -0.39 is 33.6 Å². The summed E-state index contributed by atoms with van der Waals surface area (Å²) in [5, 5.41) is 5.56. The maximum atomic E-state index is 13.7. The van der Waals surface area contributed by atoms with Gasteiger partial charge in [0.2, 0.25) is 9.84 Å². The SMILES string of the molecule is C=C(C)C(=O)OCCc1ccc(C(=O)Nc2ccccc2Oc2ccc(S(=O)(=O)c3ccc(Oc4ccccc4NC(=O)c4ccc(CCOC(=O)C(=C)C)c(Cl)c4C=O)cc3)cc2)c(C=O)c1Cl. The first-order valence-electron chi connectivity index (χ1n) is 20.8. The molecule has 0 radical (unpaired) electrons. The maximum Gasteiger partial charge on any atom is 0.333 e. The fourth-order valence-electron chi connectivity index (χ4n) is 6.50. The molecule has 0 bridgehead atoms. The van der Waals surface area contributed by atoms with Crippen LogP contribution in [0.5, 0.6) is 23.0 Å². The third-order valence-corrected chi connectivity index (χ3v) is 12.8. The van der Waals surface area contributed by atoms with Crippen molar-refractivity contribution in [3.05, 3.63) is 189 Å². The first-order chi connectivity index (χ1) is 33.0. The lowest BCUT2D eigenvalue weighted by molar-refractivity contribution is -0.139. The zero-order valence-electron chi connectivity index (χ0n) is 37.0. The Morgan fingerprint density at radius 1 is 0.551 bits per heavy atom. The molecule has 2 amide bonds. The van der Waals surface area contributed by atoms with Crippen LogP contribution in [0.15, 0.2) is 155 Å². The van der Waals surface area contributed by atoms with Gasteiger partial charge in [0.15, 0.2) is 24.1 Å². The summed E-state index contributed by atoms with van der Waals surface area (Å²) < 4.78 is 49.7. The van der Waals surface area contributed by atoms with Gasteiger partial charge >= 0.3 is 11.9 Å². The molecule has 14 nitrogen and oxygen atoms in total. The fourth-order valence-corrected chi connectivity index (χ4v) is 8.37. The smallest absolute Gasteiger partial charge is 0.333 e. The number of benzene rings is 6. The van der Waals surface area contributed by atoms with Gasteiger partial charge in [0.25, 0.3) is 11.8 Å². The Hall–Kier alpha value is -7.85. The molecule has 0 unspecified atom stereocenters. The molecule has 0 aliphatic rings. The molecule has 0 heterocycles. The van der Waals surface area contributed by atoms with Gasteiger partial charge in [0.1, 0.15) is 11.5 Å². The molecule has 0 atom stereocenters. The molecule has 0 spiro atoms. The van der Waals surface area contributed by atoms with Crippen LogP contribution in [0.2, 0.25) is 10.0 Å². The molecular formula is C52H42Cl2N2O12S. The highest BCUT2D eigenvalue weighted by molar-refractivity contribution is 7.91. The second kappa shape index (κ2) is 22.8. The Kier molecular flexibility index (Phi) is 16.7. The van der Waals surface area contributed by atoms with Crippen LogP contribution in [-0.2, 0) is 41.7 Å². The number of sulfone groups is 1. The molecule has 0 aromatic heterocycles. The van der Waals surface area contributed by atoms with Gasteiger partial charge in [-0.05, 0) is 110 Å². The molecule has 6 rings (SSSR count). The standard InChI is InChI=1S/C52H42Cl2N2O12S/c1-31(2)51(61)65-27-25-33-13-23-39(41(29-57)47(33)53)49(59)55-43-9-5-7-11-45(43)67-35-15-19-37(20-16-35)69(63,64)38-21-17-36(18-22-38)68-46-12-8-6-10-44(46)56-50(60)40-24-14-34(48(54)42(40)30-58)26-28-66-52(62)32(3)4/h5-24,29-30H,1,3,25-28H2,2,4H3,(H,55,59)(H,56,60). The van der Waals surface area contributed by atoms with Crippen molar-refractivity contribution in [2.45, 2.75) is 36.5 Å². The number of aldehydes is 2. The van der Waals surface area contributed by atoms with Gasteiger partial charge in [-0.25, -0.2) is 18.0 Å². The second-order valence-corrected chi connectivity index (χ2v) is 17.8. The minimum atomic E-state index is -4.03. The molecule has 69 heavy (non-hydrogen) atoms. The average molecular weight is 990 g/mol. The Morgan fingerprint density at radius 2 is 0.913 bits per heavy atom. The summed E-state index contributed by atoms with van der Waals surface area (Å²) >= 11 is 13.0. The highest BCUT2D eigenvalue weighted by Gasteiger charge is 2.22. The molecule has 2 N–H and O–H groups in total. The van der Waals surface area contributed by atoms with E-state index in [0.717, 1.165) is 0 Å². The fraction of sp³-hybridized carbons (Fsp3) is 0.115. The number of rotatable bonds is 20. The predicted octanol–water partition coefficient (Wildman–Crippen LogP) is 10.9. The van der Waals surface area contributed by atoms with E-state index in [1.54, 1.807) is 60.7 Å². The van der Waals surface area contributed by atoms with Crippen molar-refractivity contribution in [2.75, 3.05) is 23.8 Å². The second-order valence-electron chi connectivity index (χ2n) is 15.1. The van der Waals surface area contributed by atoms with E-state index in [1.165, 1.54) is 74.5 Å². The molecule has 0 aliphatic heterocycles. The number of carbonyl (C=O) groups excluding carboxylic acids is 6. The first-order valence-corrected chi connectivity index (χ1v) is 23.1. The van der Waals surface area contributed by atoms with Crippen LogP contribution >= 0.6 is 23.2 Å². The van der Waals surface area contributed by atoms with Gasteiger partial charge in [-0.3, -0.25) is 19.2 Å². The summed E-state index contributed by atoms with van der Waals surface area (Å²) in [7, 11) is -4.03. The van der Waals surface area contributed by atoms with Crippen molar-refractivity contribution in [3.63, 3.8) is 0 Å². The van der Waals surface area contributed by atoms with Gasteiger partial charge < -0.3 is 29.6 Å². The molecule has 0 saturated heterocycles. The Bertz CT molecular complexity index is 2910. The van der Waals surface area contributed by atoms with Gasteiger partial charge in [0, 0.05) is 35.1 Å². The lowest BCUT2D eigenvalue weighted by atomic mass is 10.0. The normalized spacial score (nSPS) is 10.8. The topological polar surface area (TPSA) is 198 Å². The minimum absolute atomic E-state index is 0.00504. The summed E-state index contributed by atoms with van der Waals surface area (Å²) in [6.07, 6.45) is 1.33. The quantitative estimate of drug-likeness (QED) is 0.0418. The molecule has 352 valence electrons. The average Bonchev–Trinajstić information content (AvgIpc) is 3.33. The number of para-hydroxylation sites is 4. The monoisotopic (exact) mass is 988 g/mol. The number of nitrogens with one attached hydrogen (secondary N) is 2. The van der Waals surface area contributed by atoms with Crippen molar-refractivity contribution in [2.24, 2.45) is 0 Å². The van der Waals surface area contributed by atoms with Gasteiger partial charge in [0.05, 0.1) is 55.6 Å². The zero-order valence-corrected chi connectivity index (χ0v) is 39.3. The summed E-state index contributed by atoms with van der Waals surface area (Å²) in [5.41, 5.74) is 1.84. The number of ether oxygens (including phenoxy) is 4. The summed E-state index contributed by atoms with van der Waals surface area (Å²) in [5.74, 6) is -1.50. The first kappa shape index (κ1) is 50.6. The summed E-state index contributed by atoms with van der Waals surface area (Å²) in [4.78, 5) is 74.5. The van der Waals surface area contributed by atoms with E-state index in [9.17, 15) is 37.2 Å². The number of hydrogen-bond donors (Lipinski definition) is 2. The van der Waals surface area contributed by atoms with Crippen LogP contribution in [0.4, 0.5) is 11.4 Å². The molecule has 0 saturated carbocycles. The molecule has 6 aromatic carbocycles. The van der Waals surface area contributed by atoms with E-state index in [2.05, 4.69) is 23.8 Å².